The van der Waals surface area contributed by atoms with Crippen molar-refractivity contribution in [2.24, 2.45) is 5.92 Å². The van der Waals surface area contributed by atoms with Crippen LogP contribution in [0.3, 0.4) is 0 Å². The van der Waals surface area contributed by atoms with Crippen LogP contribution in [0.5, 0.6) is 0 Å². The molecule has 0 radical (unpaired) electrons. The van der Waals surface area contributed by atoms with Gasteiger partial charge in [-0.3, -0.25) is 4.79 Å². The Morgan fingerprint density at radius 1 is 1.56 bits per heavy atom. The monoisotopic (exact) mass is 245 g/mol. The minimum Gasteiger partial charge on any atom is -0.481 e. The zero-order valence-corrected chi connectivity index (χ0v) is 11.1. The van der Waals surface area contributed by atoms with Crippen molar-refractivity contribution in [3.8, 4) is 0 Å². The number of thioether (sulfide) groups is 1. The molecule has 1 aliphatic heterocycles. The van der Waals surface area contributed by atoms with Crippen LogP contribution in [0.2, 0.25) is 0 Å². The van der Waals surface area contributed by atoms with Crippen LogP contribution in [-0.2, 0) is 4.79 Å². The second-order valence-electron chi connectivity index (χ2n) is 4.94. The Hall–Kier alpha value is -0.220. The lowest BCUT2D eigenvalue weighted by atomic mass is 10.1. The summed E-state index contributed by atoms with van der Waals surface area (Å²) < 4.78 is 0. The first kappa shape index (κ1) is 13.8. The normalized spacial score (nSPS) is 22.6. The summed E-state index contributed by atoms with van der Waals surface area (Å²) >= 11 is 2.05. The molecule has 0 aromatic carbocycles. The Kier molecular flexibility index (Phi) is 6.21. The molecule has 1 rings (SSSR count). The molecule has 1 fully saturated rings. The van der Waals surface area contributed by atoms with Crippen LogP contribution in [0.25, 0.3) is 0 Å². The number of hydrogen-bond acceptors (Lipinski definition) is 3. The molecule has 0 amide bonds. The lowest BCUT2D eigenvalue weighted by molar-refractivity contribution is -0.137. The van der Waals surface area contributed by atoms with Gasteiger partial charge in [-0.05, 0) is 31.1 Å². The van der Waals surface area contributed by atoms with Crippen molar-refractivity contribution in [1.82, 2.24) is 4.90 Å². The SMILES string of the molecule is CC(C)CSC1CCCN(CCC(=O)O)C1. The minimum absolute atomic E-state index is 0.279. The van der Waals surface area contributed by atoms with Crippen molar-refractivity contribution < 1.29 is 9.90 Å². The fourth-order valence-electron chi connectivity index (χ4n) is 1.93. The minimum atomic E-state index is -0.683. The lowest BCUT2D eigenvalue weighted by Gasteiger charge is -2.32. The Labute approximate surface area is 103 Å². The molecule has 3 nitrogen and oxygen atoms in total. The second-order valence-corrected chi connectivity index (χ2v) is 6.27. The fourth-order valence-corrected chi connectivity index (χ4v) is 3.24. The maximum atomic E-state index is 10.5. The van der Waals surface area contributed by atoms with E-state index < -0.39 is 5.97 Å². The summed E-state index contributed by atoms with van der Waals surface area (Å²) in [6.07, 6.45) is 2.79. The van der Waals surface area contributed by atoms with Gasteiger partial charge in [-0.25, -0.2) is 0 Å². The summed E-state index contributed by atoms with van der Waals surface area (Å²) in [6, 6.07) is 0. The molecule has 0 saturated carbocycles. The van der Waals surface area contributed by atoms with E-state index in [1.807, 2.05) is 0 Å². The molecule has 0 aliphatic carbocycles. The molecule has 16 heavy (non-hydrogen) atoms. The number of piperidine rings is 1. The molecule has 1 atom stereocenters. The fraction of sp³-hybridized carbons (Fsp3) is 0.917. The summed E-state index contributed by atoms with van der Waals surface area (Å²) in [6.45, 7) is 7.36. The largest absolute Gasteiger partial charge is 0.481 e. The third-order valence-corrected chi connectivity index (χ3v) is 4.48. The molecular weight excluding hydrogens is 222 g/mol. The zero-order chi connectivity index (χ0) is 12.0. The van der Waals surface area contributed by atoms with E-state index in [2.05, 4.69) is 30.5 Å². The Balaban J connectivity index is 2.21. The van der Waals surface area contributed by atoms with E-state index in [-0.39, 0.29) is 6.42 Å². The number of hydrogen-bond donors (Lipinski definition) is 1. The summed E-state index contributed by atoms with van der Waals surface area (Å²) in [5, 5.41) is 9.37. The van der Waals surface area contributed by atoms with Crippen molar-refractivity contribution in [2.45, 2.75) is 38.4 Å². The first-order valence-electron chi connectivity index (χ1n) is 6.13. The Morgan fingerprint density at radius 2 is 2.31 bits per heavy atom. The van der Waals surface area contributed by atoms with Gasteiger partial charge >= 0.3 is 5.97 Å². The molecule has 0 bridgehead atoms. The summed E-state index contributed by atoms with van der Waals surface area (Å²) in [5.41, 5.74) is 0. The highest BCUT2D eigenvalue weighted by Gasteiger charge is 2.20. The Bertz CT molecular complexity index is 221. The van der Waals surface area contributed by atoms with Crippen molar-refractivity contribution in [3.63, 3.8) is 0 Å². The highest BCUT2D eigenvalue weighted by molar-refractivity contribution is 7.99. The molecule has 1 N–H and O–H groups in total. The second kappa shape index (κ2) is 7.17. The van der Waals surface area contributed by atoms with Crippen molar-refractivity contribution in [3.05, 3.63) is 0 Å². The molecule has 0 spiro atoms. The van der Waals surface area contributed by atoms with Crippen molar-refractivity contribution in [1.29, 1.82) is 0 Å². The average molecular weight is 245 g/mol. The Morgan fingerprint density at radius 3 is 2.94 bits per heavy atom. The molecule has 94 valence electrons. The van der Waals surface area contributed by atoms with Gasteiger partial charge < -0.3 is 10.0 Å². The number of carbonyl (C=O) groups is 1. The topological polar surface area (TPSA) is 40.5 Å². The predicted octanol–water partition coefficient (Wildman–Crippen LogP) is 2.31. The molecule has 0 aromatic rings. The lowest BCUT2D eigenvalue weighted by Crippen LogP contribution is -2.38. The van der Waals surface area contributed by atoms with E-state index in [4.69, 9.17) is 5.11 Å². The number of nitrogens with zero attached hydrogens (tertiary/aromatic N) is 1. The van der Waals surface area contributed by atoms with Crippen molar-refractivity contribution >= 4 is 17.7 Å². The van der Waals surface area contributed by atoms with E-state index in [9.17, 15) is 4.79 Å². The molecule has 1 saturated heterocycles. The van der Waals surface area contributed by atoms with Gasteiger partial charge in [-0.1, -0.05) is 13.8 Å². The molecule has 4 heteroatoms. The molecule has 0 aromatic heterocycles. The van der Waals surface area contributed by atoms with E-state index in [0.717, 1.165) is 19.0 Å². The van der Waals surface area contributed by atoms with Gasteiger partial charge in [0.05, 0.1) is 6.42 Å². The molecule has 1 heterocycles. The highest BCUT2D eigenvalue weighted by Crippen LogP contribution is 2.24. The van der Waals surface area contributed by atoms with Crippen LogP contribution in [-0.4, -0.2) is 46.6 Å². The molecule has 1 unspecified atom stereocenters. The van der Waals surface area contributed by atoms with Gasteiger partial charge in [0.15, 0.2) is 0 Å². The van der Waals surface area contributed by atoms with E-state index in [0.29, 0.717) is 11.8 Å². The van der Waals surface area contributed by atoms with E-state index >= 15 is 0 Å². The summed E-state index contributed by atoms with van der Waals surface area (Å²) in [4.78, 5) is 12.8. The van der Waals surface area contributed by atoms with Gasteiger partial charge in [0.2, 0.25) is 0 Å². The number of aliphatic carboxylic acids is 1. The highest BCUT2D eigenvalue weighted by atomic mass is 32.2. The van der Waals surface area contributed by atoms with Crippen LogP contribution in [0.4, 0.5) is 0 Å². The maximum absolute atomic E-state index is 10.5. The third kappa shape index (κ3) is 5.75. The number of rotatable bonds is 6. The zero-order valence-electron chi connectivity index (χ0n) is 10.3. The van der Waals surface area contributed by atoms with Gasteiger partial charge in [-0.2, -0.15) is 11.8 Å². The summed E-state index contributed by atoms with van der Waals surface area (Å²) in [5.74, 6) is 1.29. The quantitative estimate of drug-likeness (QED) is 0.779. The van der Waals surface area contributed by atoms with Crippen LogP contribution in [0.15, 0.2) is 0 Å². The van der Waals surface area contributed by atoms with Gasteiger partial charge in [-0.15, -0.1) is 0 Å². The van der Waals surface area contributed by atoms with Crippen molar-refractivity contribution in [2.75, 3.05) is 25.4 Å². The van der Waals surface area contributed by atoms with Crippen LogP contribution >= 0.6 is 11.8 Å². The molecular formula is C12H23NO2S. The standard InChI is InChI=1S/C12H23NO2S/c1-10(2)9-16-11-4-3-6-13(8-11)7-5-12(14)15/h10-11H,3-9H2,1-2H3,(H,14,15). The van der Waals surface area contributed by atoms with Gasteiger partial charge in [0.1, 0.15) is 0 Å². The molecule has 1 aliphatic rings. The van der Waals surface area contributed by atoms with Crippen LogP contribution in [0, 0.1) is 5.92 Å². The number of likely N-dealkylation sites (tertiary alicyclic amines) is 1. The third-order valence-electron chi connectivity index (χ3n) is 2.77. The van der Waals surface area contributed by atoms with Crippen LogP contribution < -0.4 is 0 Å². The number of carboxylic acids is 1. The first-order valence-corrected chi connectivity index (χ1v) is 7.18. The van der Waals surface area contributed by atoms with Crippen LogP contribution in [0.1, 0.15) is 33.1 Å². The number of carboxylic acid groups (broad SMARTS) is 1. The predicted molar refractivity (Wildman–Crippen MR) is 69.0 cm³/mol. The smallest absolute Gasteiger partial charge is 0.304 e. The summed E-state index contributed by atoms with van der Waals surface area (Å²) in [7, 11) is 0. The first-order chi connectivity index (χ1) is 7.58. The maximum Gasteiger partial charge on any atom is 0.304 e. The van der Waals surface area contributed by atoms with Gasteiger partial charge in [0, 0.05) is 18.3 Å². The van der Waals surface area contributed by atoms with Gasteiger partial charge in [0.25, 0.3) is 0 Å². The van der Waals surface area contributed by atoms with E-state index in [1.165, 1.54) is 18.6 Å². The average Bonchev–Trinajstić information content (AvgIpc) is 2.24. The van der Waals surface area contributed by atoms with E-state index in [1.54, 1.807) is 0 Å².